The molecule has 0 spiro atoms. The van der Waals surface area contributed by atoms with Gasteiger partial charge in [0.15, 0.2) is 17.2 Å². The molecule has 0 atom stereocenters. The van der Waals surface area contributed by atoms with Gasteiger partial charge in [-0.2, -0.15) is 0 Å². The van der Waals surface area contributed by atoms with Crippen LogP contribution >= 0.6 is 0 Å². The molecule has 1 aromatic carbocycles. The number of aromatic nitrogens is 1. The molecule has 1 heterocycles. The summed E-state index contributed by atoms with van der Waals surface area (Å²) in [6.45, 7) is 2.24. The maximum atomic E-state index is 11.8. The zero-order valence-electron chi connectivity index (χ0n) is 12.3. The van der Waals surface area contributed by atoms with E-state index >= 15 is 0 Å². The van der Waals surface area contributed by atoms with Gasteiger partial charge in [0.25, 0.3) is 5.91 Å². The van der Waals surface area contributed by atoms with Crippen molar-refractivity contribution in [2.24, 2.45) is 0 Å². The van der Waals surface area contributed by atoms with Gasteiger partial charge in [-0.25, -0.2) is 0 Å². The van der Waals surface area contributed by atoms with Gasteiger partial charge in [0.05, 0.1) is 14.2 Å². The second kappa shape index (κ2) is 6.78. The lowest BCUT2D eigenvalue weighted by Crippen LogP contribution is -2.25. The molecule has 6 heteroatoms. The predicted molar refractivity (Wildman–Crippen MR) is 76.8 cm³/mol. The summed E-state index contributed by atoms with van der Waals surface area (Å²) >= 11 is 0. The molecular weight excluding hydrogens is 272 g/mol. The molecule has 0 aliphatic heterocycles. The summed E-state index contributed by atoms with van der Waals surface area (Å²) in [6.07, 6.45) is 0.683. The second-order valence-electron chi connectivity index (χ2n) is 4.52. The van der Waals surface area contributed by atoms with E-state index in [1.807, 2.05) is 18.2 Å². The van der Waals surface area contributed by atoms with Crippen molar-refractivity contribution in [2.45, 2.75) is 13.3 Å². The van der Waals surface area contributed by atoms with Gasteiger partial charge >= 0.3 is 0 Å². The number of hydrogen-bond donors (Lipinski definition) is 1. The average molecular weight is 290 g/mol. The maximum Gasteiger partial charge on any atom is 0.273 e. The zero-order chi connectivity index (χ0) is 15.2. The van der Waals surface area contributed by atoms with Crippen LogP contribution in [0.2, 0.25) is 0 Å². The van der Waals surface area contributed by atoms with Gasteiger partial charge in [0, 0.05) is 12.6 Å². The van der Waals surface area contributed by atoms with Gasteiger partial charge in [0.1, 0.15) is 5.76 Å². The minimum absolute atomic E-state index is 0.243. The predicted octanol–water partition coefficient (Wildman–Crippen LogP) is 1.97. The van der Waals surface area contributed by atoms with E-state index in [4.69, 9.17) is 14.0 Å². The molecule has 0 aliphatic rings. The van der Waals surface area contributed by atoms with Crippen LogP contribution in [-0.2, 0) is 6.42 Å². The number of amides is 1. The van der Waals surface area contributed by atoms with Crippen LogP contribution in [0.25, 0.3) is 0 Å². The highest BCUT2D eigenvalue weighted by molar-refractivity contribution is 5.92. The number of rotatable bonds is 6. The average Bonchev–Trinajstić information content (AvgIpc) is 2.93. The highest BCUT2D eigenvalue weighted by Gasteiger charge is 2.10. The molecule has 0 aliphatic carbocycles. The smallest absolute Gasteiger partial charge is 0.273 e. The van der Waals surface area contributed by atoms with Crippen LogP contribution in [-0.4, -0.2) is 31.8 Å². The molecule has 1 N–H and O–H groups in total. The lowest BCUT2D eigenvalue weighted by Gasteiger charge is -2.09. The van der Waals surface area contributed by atoms with E-state index in [0.717, 1.165) is 5.56 Å². The van der Waals surface area contributed by atoms with Gasteiger partial charge in [-0.05, 0) is 31.0 Å². The minimum Gasteiger partial charge on any atom is -0.493 e. The van der Waals surface area contributed by atoms with Crippen LogP contribution in [0, 0.1) is 6.92 Å². The summed E-state index contributed by atoms with van der Waals surface area (Å²) in [6, 6.07) is 7.28. The van der Waals surface area contributed by atoms with Gasteiger partial charge in [-0.15, -0.1) is 0 Å². The van der Waals surface area contributed by atoms with Gasteiger partial charge in [0.2, 0.25) is 0 Å². The van der Waals surface area contributed by atoms with E-state index in [9.17, 15) is 4.79 Å². The van der Waals surface area contributed by atoms with Crippen LogP contribution < -0.4 is 14.8 Å². The number of hydrogen-bond acceptors (Lipinski definition) is 5. The number of benzene rings is 1. The van der Waals surface area contributed by atoms with Gasteiger partial charge < -0.3 is 19.3 Å². The Morgan fingerprint density at radius 3 is 2.62 bits per heavy atom. The molecule has 2 rings (SSSR count). The van der Waals surface area contributed by atoms with Crippen molar-refractivity contribution in [1.82, 2.24) is 10.5 Å². The fourth-order valence-electron chi connectivity index (χ4n) is 1.92. The van der Waals surface area contributed by atoms with Crippen LogP contribution in [0.3, 0.4) is 0 Å². The van der Waals surface area contributed by atoms with E-state index in [0.29, 0.717) is 35.9 Å². The maximum absolute atomic E-state index is 11.8. The largest absolute Gasteiger partial charge is 0.493 e. The third kappa shape index (κ3) is 3.75. The normalized spacial score (nSPS) is 10.2. The molecule has 1 aromatic heterocycles. The Morgan fingerprint density at radius 1 is 1.24 bits per heavy atom. The molecule has 0 saturated heterocycles. The Balaban J connectivity index is 1.90. The van der Waals surface area contributed by atoms with Gasteiger partial charge in [-0.3, -0.25) is 4.79 Å². The summed E-state index contributed by atoms with van der Waals surface area (Å²) in [4.78, 5) is 11.8. The SMILES string of the molecule is COc1ccc(CCNC(=O)c2cc(C)on2)cc1OC. The summed E-state index contributed by atoms with van der Waals surface area (Å²) < 4.78 is 15.3. The molecule has 2 aromatic rings. The van der Waals surface area contributed by atoms with E-state index in [-0.39, 0.29) is 5.91 Å². The number of ether oxygens (including phenoxy) is 2. The molecular formula is C15H18N2O4. The summed E-state index contributed by atoms with van der Waals surface area (Å²) in [5, 5.41) is 6.46. The third-order valence-corrected chi connectivity index (χ3v) is 3.01. The summed E-state index contributed by atoms with van der Waals surface area (Å²) in [5.74, 6) is 1.73. The molecule has 1 amide bonds. The number of carbonyl (C=O) groups is 1. The molecule has 0 unspecified atom stereocenters. The first-order valence-corrected chi connectivity index (χ1v) is 6.56. The Labute approximate surface area is 123 Å². The lowest BCUT2D eigenvalue weighted by atomic mass is 10.1. The standard InChI is InChI=1S/C15H18N2O4/c1-10-8-12(17-21-10)15(18)16-7-6-11-4-5-13(19-2)14(9-11)20-3/h4-5,8-9H,6-7H2,1-3H3,(H,16,18). The lowest BCUT2D eigenvalue weighted by molar-refractivity contribution is 0.0945. The van der Waals surface area contributed by atoms with Crippen molar-refractivity contribution in [3.8, 4) is 11.5 Å². The number of aryl methyl sites for hydroxylation is 1. The molecule has 0 saturated carbocycles. The first-order valence-electron chi connectivity index (χ1n) is 6.56. The van der Waals surface area contributed by atoms with Gasteiger partial charge in [-0.1, -0.05) is 11.2 Å². The molecule has 0 bridgehead atoms. The van der Waals surface area contributed by atoms with Crippen molar-refractivity contribution < 1.29 is 18.8 Å². The fourth-order valence-corrected chi connectivity index (χ4v) is 1.92. The topological polar surface area (TPSA) is 73.6 Å². The summed E-state index contributed by atoms with van der Waals surface area (Å²) in [7, 11) is 3.19. The molecule has 0 radical (unpaired) electrons. The molecule has 112 valence electrons. The van der Waals surface area contributed by atoms with E-state index in [2.05, 4.69) is 10.5 Å². The van der Waals surface area contributed by atoms with Crippen LogP contribution in [0.15, 0.2) is 28.8 Å². The Kier molecular flexibility index (Phi) is 4.81. The first kappa shape index (κ1) is 14.9. The zero-order valence-corrected chi connectivity index (χ0v) is 12.3. The third-order valence-electron chi connectivity index (χ3n) is 3.01. The Bertz CT molecular complexity index is 622. The van der Waals surface area contributed by atoms with Crippen molar-refractivity contribution in [3.63, 3.8) is 0 Å². The number of carbonyl (C=O) groups excluding carboxylic acids is 1. The van der Waals surface area contributed by atoms with Crippen LogP contribution in [0.5, 0.6) is 11.5 Å². The summed E-state index contributed by atoms with van der Waals surface area (Å²) in [5.41, 5.74) is 1.34. The fraction of sp³-hybridized carbons (Fsp3) is 0.333. The Morgan fingerprint density at radius 2 is 2.00 bits per heavy atom. The van der Waals surface area contributed by atoms with E-state index in [1.54, 1.807) is 27.2 Å². The number of nitrogens with one attached hydrogen (secondary N) is 1. The molecule has 6 nitrogen and oxygen atoms in total. The number of nitrogens with zero attached hydrogens (tertiary/aromatic N) is 1. The van der Waals surface area contributed by atoms with Crippen molar-refractivity contribution in [3.05, 3.63) is 41.3 Å². The highest BCUT2D eigenvalue weighted by atomic mass is 16.5. The second-order valence-corrected chi connectivity index (χ2v) is 4.52. The van der Waals surface area contributed by atoms with Crippen LogP contribution in [0.1, 0.15) is 21.8 Å². The quantitative estimate of drug-likeness (QED) is 0.880. The van der Waals surface area contributed by atoms with E-state index < -0.39 is 0 Å². The first-order chi connectivity index (χ1) is 10.1. The van der Waals surface area contributed by atoms with E-state index in [1.165, 1.54) is 0 Å². The highest BCUT2D eigenvalue weighted by Crippen LogP contribution is 2.27. The number of methoxy groups -OCH3 is 2. The van der Waals surface area contributed by atoms with Crippen molar-refractivity contribution >= 4 is 5.91 Å². The Hall–Kier alpha value is -2.50. The van der Waals surface area contributed by atoms with Crippen molar-refractivity contribution in [1.29, 1.82) is 0 Å². The van der Waals surface area contributed by atoms with Crippen molar-refractivity contribution in [2.75, 3.05) is 20.8 Å². The molecule has 0 fully saturated rings. The monoisotopic (exact) mass is 290 g/mol. The van der Waals surface area contributed by atoms with Crippen LogP contribution in [0.4, 0.5) is 0 Å². The molecule has 21 heavy (non-hydrogen) atoms. The minimum atomic E-state index is -0.243.